The number of Topliss-reactive ketones (excluding diaryl/α,β-unsaturated/α-hetero) is 1. The van der Waals surface area contributed by atoms with Gasteiger partial charge in [-0.2, -0.15) is 26.3 Å². The minimum Gasteiger partial charge on any atom is -0.493 e. The zero-order valence-corrected chi connectivity index (χ0v) is 70.0. The number of ketones is 1. The first-order valence-corrected chi connectivity index (χ1v) is 40.2. The van der Waals surface area contributed by atoms with Crippen LogP contribution in [0.5, 0.6) is 34.5 Å². The van der Waals surface area contributed by atoms with E-state index in [0.717, 1.165) is 54.4 Å². The first-order valence-electron chi connectivity index (χ1n) is 33.9. The van der Waals surface area contributed by atoms with Crippen molar-refractivity contribution in [2.24, 2.45) is 0 Å². The Morgan fingerprint density at radius 2 is 0.807 bits per heavy atom. The van der Waals surface area contributed by atoms with E-state index in [-0.39, 0.29) is 73.7 Å². The molecule has 0 saturated carbocycles. The van der Waals surface area contributed by atoms with Crippen LogP contribution in [0, 0.1) is 0 Å². The summed E-state index contributed by atoms with van der Waals surface area (Å²) in [6.45, 7) is 12.5. The fraction of sp³-hybridized carbons (Fsp3) is 0.342. The van der Waals surface area contributed by atoms with E-state index in [1.54, 1.807) is 99.3 Å². The normalized spacial score (nSPS) is 12.9. The van der Waals surface area contributed by atoms with Gasteiger partial charge in [-0.15, -0.1) is 0 Å². The molecule has 608 valence electrons. The second kappa shape index (κ2) is 39.2. The van der Waals surface area contributed by atoms with Crippen molar-refractivity contribution in [1.29, 1.82) is 0 Å². The van der Waals surface area contributed by atoms with Gasteiger partial charge in [0.05, 0.1) is 84.9 Å². The fourth-order valence-electron chi connectivity index (χ4n) is 10.2. The van der Waals surface area contributed by atoms with Gasteiger partial charge in [0.1, 0.15) is 33.1 Å². The molecule has 8 heterocycles. The number of carbonyl (C=O) groups is 1. The molecular formula is C76H82BCl2F6N11O14S4. The summed E-state index contributed by atoms with van der Waals surface area (Å²) < 4.78 is 153. The zero-order valence-electron chi connectivity index (χ0n) is 65.2. The highest BCUT2D eigenvalue weighted by Crippen LogP contribution is 2.38. The summed E-state index contributed by atoms with van der Waals surface area (Å²) in [6.07, 6.45) is 10.9. The van der Waals surface area contributed by atoms with Gasteiger partial charge in [0.2, 0.25) is 15.0 Å². The van der Waals surface area contributed by atoms with Crippen LogP contribution < -0.4 is 50.6 Å². The van der Waals surface area contributed by atoms with Crippen LogP contribution in [0.1, 0.15) is 99.7 Å². The second-order valence-corrected chi connectivity index (χ2v) is 31.0. The molecule has 10 aromatic rings. The Morgan fingerprint density at radius 3 is 1.18 bits per heavy atom. The number of ether oxygens (including phenoxy) is 6. The monoisotopic (exact) mass is 1700 g/mol. The molecule has 1 aliphatic rings. The van der Waals surface area contributed by atoms with Crippen LogP contribution in [-0.2, 0) is 56.5 Å². The van der Waals surface area contributed by atoms with E-state index in [2.05, 4.69) is 39.9 Å². The molecular weight excluding hydrogens is 1610 g/mol. The number of rotatable bonds is 23. The minimum atomic E-state index is -3.95. The Labute approximate surface area is 677 Å². The fourth-order valence-corrected chi connectivity index (χ4v) is 12.3. The number of thioether (sulfide) groups is 3. The van der Waals surface area contributed by atoms with Gasteiger partial charge in [-0.1, -0.05) is 82.8 Å². The molecule has 38 heteroatoms. The molecule has 1 fully saturated rings. The first kappa shape index (κ1) is 91.6. The van der Waals surface area contributed by atoms with Gasteiger partial charge < -0.3 is 51.4 Å². The van der Waals surface area contributed by atoms with Gasteiger partial charge >= 0.3 is 7.12 Å². The number of nitrogens with zero attached hydrogens (tertiary/aromatic N) is 11. The lowest BCUT2D eigenvalue weighted by atomic mass is 9.80. The van der Waals surface area contributed by atoms with Crippen molar-refractivity contribution in [2.75, 3.05) is 67.7 Å². The third-order valence-electron chi connectivity index (χ3n) is 16.8. The Hall–Kier alpha value is -9.56. The van der Waals surface area contributed by atoms with Crippen LogP contribution in [0.3, 0.4) is 0 Å². The van der Waals surface area contributed by atoms with Gasteiger partial charge in [0.25, 0.3) is 34.4 Å². The van der Waals surface area contributed by atoms with Gasteiger partial charge in [-0.3, -0.25) is 19.2 Å². The number of halogens is 8. The average molecular weight is 1700 g/mol. The van der Waals surface area contributed by atoms with Crippen molar-refractivity contribution >= 4 is 86.7 Å². The Kier molecular flexibility index (Phi) is 31.5. The highest BCUT2D eigenvalue weighted by atomic mass is 35.5. The lowest BCUT2D eigenvalue weighted by Crippen LogP contribution is -2.41. The van der Waals surface area contributed by atoms with E-state index >= 15 is 0 Å². The van der Waals surface area contributed by atoms with Crippen LogP contribution in [-0.4, -0.2) is 154 Å². The molecule has 3 aromatic carbocycles. The van der Waals surface area contributed by atoms with Crippen molar-refractivity contribution in [1.82, 2.24) is 53.6 Å². The van der Waals surface area contributed by atoms with Crippen molar-refractivity contribution in [3.63, 3.8) is 0 Å². The zero-order chi connectivity index (χ0) is 84.6. The smallest absolute Gasteiger partial charge is 0.493 e. The van der Waals surface area contributed by atoms with Crippen LogP contribution in [0.2, 0.25) is 10.3 Å². The van der Waals surface area contributed by atoms with Crippen LogP contribution >= 0.6 is 58.5 Å². The van der Waals surface area contributed by atoms with E-state index in [4.69, 9.17) is 60.9 Å². The topological polar surface area (TPSA) is 294 Å². The number of benzene rings is 3. The first-order chi connectivity index (χ1) is 53.4. The number of carbonyl (C=O) groups excluding carboxylic acids is 1. The highest BCUT2D eigenvalue weighted by Gasteiger charge is 2.52. The molecule has 0 unspecified atom stereocenters. The van der Waals surface area contributed by atoms with Gasteiger partial charge in [-0.25, -0.2) is 48.3 Å². The van der Waals surface area contributed by atoms with Crippen LogP contribution in [0.4, 0.5) is 26.3 Å². The second-order valence-electron chi connectivity index (χ2n) is 26.0. The van der Waals surface area contributed by atoms with Crippen molar-refractivity contribution in [3.05, 3.63) is 215 Å². The summed E-state index contributed by atoms with van der Waals surface area (Å²) in [5.74, 6) is -6.13. The number of sulfone groups is 1. The summed E-state index contributed by atoms with van der Waals surface area (Å²) in [5, 5.41) is 0.637. The predicted octanol–water partition coefficient (Wildman–Crippen LogP) is 14.3. The van der Waals surface area contributed by atoms with Crippen LogP contribution in [0.15, 0.2) is 169 Å². The number of hydrogen-bond acceptors (Lipinski definition) is 25. The number of methoxy groups -OCH3 is 6. The van der Waals surface area contributed by atoms with Crippen molar-refractivity contribution in [2.45, 2.75) is 125 Å². The Morgan fingerprint density at radius 1 is 0.465 bits per heavy atom. The number of hydrogen-bond donors (Lipinski definition) is 0. The summed E-state index contributed by atoms with van der Waals surface area (Å²) in [6, 6.07) is 29.8. The molecule has 0 atom stereocenters. The molecule has 1 aliphatic heterocycles. The Balaban J connectivity index is 0.000000206. The molecule has 25 nitrogen and oxygen atoms in total. The quantitative estimate of drug-likeness (QED) is 0.0143. The summed E-state index contributed by atoms with van der Waals surface area (Å²) in [7, 11) is 4.81. The van der Waals surface area contributed by atoms with Gasteiger partial charge in [0, 0.05) is 94.0 Å². The maximum Gasteiger partial charge on any atom is 0.496 e. The molecule has 11 rings (SSSR count). The van der Waals surface area contributed by atoms with E-state index < -0.39 is 56.8 Å². The molecule has 0 spiro atoms. The minimum absolute atomic E-state index is 0.0378. The van der Waals surface area contributed by atoms with Gasteiger partial charge in [0.15, 0.2) is 55.7 Å². The maximum absolute atomic E-state index is 13.9. The van der Waals surface area contributed by atoms with Crippen molar-refractivity contribution in [3.8, 4) is 57.0 Å². The lowest BCUT2D eigenvalue weighted by Gasteiger charge is -2.32. The van der Waals surface area contributed by atoms with E-state index in [9.17, 15) is 53.9 Å². The highest BCUT2D eigenvalue weighted by molar-refractivity contribution is 7.98. The van der Waals surface area contributed by atoms with E-state index in [1.165, 1.54) is 109 Å². The standard InChI is InChI=1S/C21H21F2N3O5S.C21H21F2N3O3S.C20H26BNO5.C7H7ClF2N2S.C7H7ClN2OS/c1-21(22,23)18-10-15(24-20(25-18)32(4,28)29)14-6-8-19(27)26(12-14)11-13-5-7-16(30-2)17(9-13)31-3;1-21(22,23)18-10-15(24-20(25-18)30-4)14-6-8-19(27)26(12-14)11-13-5-7-16(28-2)17(9-13)29-3;1-19(2)20(3,4)27-21(26-19)15-8-10-18(23)22(13-15)12-14-7-9-16(24-5)17(11-14)25-6;1-7(9,10)4-3-5(8)12-6(11-4)13-2;1-4(11)5-3-6(8)10-7(9-5)12-2/h5-10,12H,11H2,1-4H3;5-10,12H,11H2,1-4H3;7-11,13H,12H2,1-6H3;3H,1-2H3;3H,1-2H3. The Bertz CT molecular complexity index is 5380. The molecule has 0 N–H and O–H groups in total. The maximum atomic E-state index is 13.9. The molecule has 7 aromatic heterocycles. The largest absolute Gasteiger partial charge is 0.496 e. The molecule has 0 aliphatic carbocycles. The third kappa shape index (κ3) is 25.0. The summed E-state index contributed by atoms with van der Waals surface area (Å²) in [4.78, 5) is 79.0. The van der Waals surface area contributed by atoms with Gasteiger partial charge in [-0.05, 0) is 129 Å². The summed E-state index contributed by atoms with van der Waals surface area (Å²) >= 11 is 14.9. The SMILES string of the molecule is COc1ccc(Cn2cc(-c3cc(C(C)(F)F)nc(S(C)(=O)=O)n3)ccc2=O)cc1OC.COc1ccc(Cn2cc(-c3cc(C(C)(F)F)nc(SC)n3)ccc2=O)cc1OC.COc1ccc(Cn2cc(B3OC(C)(C)C(C)(C)O3)ccc2=O)cc1OC.CSc1nc(Cl)cc(C(C)(F)F)n1.CSc1nc(Cl)cc(C(C)=O)n1. The third-order valence-corrected chi connectivity index (χ3v) is 19.7. The average Bonchev–Trinajstić information content (AvgIpc) is 1.50. The van der Waals surface area contributed by atoms with E-state index in [0.29, 0.717) is 75.2 Å². The number of aromatic nitrogens is 11. The van der Waals surface area contributed by atoms with Crippen LogP contribution in [0.25, 0.3) is 22.5 Å². The molecule has 0 radical (unpaired) electrons. The summed E-state index contributed by atoms with van der Waals surface area (Å²) in [5.41, 5.74) is 1.78. The molecule has 0 bridgehead atoms. The molecule has 1 saturated heterocycles. The van der Waals surface area contributed by atoms with Crippen molar-refractivity contribution < 1.29 is 77.3 Å². The number of alkyl halides is 6. The number of pyridine rings is 3. The predicted molar refractivity (Wildman–Crippen MR) is 427 cm³/mol. The molecule has 0 amide bonds. The van der Waals surface area contributed by atoms with E-state index in [1.807, 2.05) is 58.2 Å². The molecule has 114 heavy (non-hydrogen) atoms. The lowest BCUT2D eigenvalue weighted by molar-refractivity contribution is 0.00578.